The van der Waals surface area contributed by atoms with Gasteiger partial charge >= 0.3 is 0 Å². The Morgan fingerprint density at radius 2 is 2.00 bits per heavy atom. The number of rotatable bonds is 2. The average molecular weight is 299 g/mol. The summed E-state index contributed by atoms with van der Waals surface area (Å²) in [6.45, 7) is 5.58. The molecule has 1 aromatic rings. The topological polar surface area (TPSA) is 15.3 Å². The Hall–Kier alpha value is -0.450. The largest absolute Gasteiger partial charge is 0.316 e. The van der Waals surface area contributed by atoms with Gasteiger partial charge in [0.25, 0.3) is 0 Å². The van der Waals surface area contributed by atoms with Crippen LogP contribution in [0.25, 0.3) is 0 Å². The molecule has 1 aromatic carbocycles. The van der Waals surface area contributed by atoms with Crippen LogP contribution >= 0.6 is 15.9 Å². The molecule has 1 N–H and O–H groups in total. The molecule has 0 aliphatic carbocycles. The normalized spacial score (nSPS) is 28.6. The Morgan fingerprint density at radius 1 is 1.29 bits per heavy atom. The molecule has 2 saturated heterocycles. The SMILES string of the molecule is Fc1ccc(CN2CC3CNCC3C2)c(Br)c1. The van der Waals surface area contributed by atoms with Gasteiger partial charge in [-0.3, -0.25) is 4.90 Å². The van der Waals surface area contributed by atoms with Crippen LogP contribution in [0.2, 0.25) is 0 Å². The molecule has 0 radical (unpaired) electrons. The van der Waals surface area contributed by atoms with Crippen molar-refractivity contribution in [1.82, 2.24) is 10.2 Å². The highest BCUT2D eigenvalue weighted by molar-refractivity contribution is 9.10. The van der Waals surface area contributed by atoms with E-state index in [-0.39, 0.29) is 5.82 Å². The molecule has 2 nitrogen and oxygen atoms in total. The highest BCUT2D eigenvalue weighted by atomic mass is 79.9. The molecule has 2 unspecified atom stereocenters. The van der Waals surface area contributed by atoms with Crippen molar-refractivity contribution in [1.29, 1.82) is 0 Å². The van der Waals surface area contributed by atoms with Crippen LogP contribution in [0.15, 0.2) is 22.7 Å². The zero-order valence-electron chi connectivity index (χ0n) is 9.63. The van der Waals surface area contributed by atoms with Crippen LogP contribution < -0.4 is 5.32 Å². The minimum absolute atomic E-state index is 0.178. The fourth-order valence-electron chi connectivity index (χ4n) is 2.97. The van der Waals surface area contributed by atoms with E-state index in [2.05, 4.69) is 26.1 Å². The molecular formula is C13H16BrFN2. The molecular weight excluding hydrogens is 283 g/mol. The number of benzene rings is 1. The van der Waals surface area contributed by atoms with Crippen molar-refractivity contribution in [3.05, 3.63) is 34.1 Å². The zero-order valence-corrected chi connectivity index (χ0v) is 11.2. The summed E-state index contributed by atoms with van der Waals surface area (Å²) in [6, 6.07) is 4.97. The first-order chi connectivity index (χ1) is 8.22. The Morgan fingerprint density at radius 3 is 2.65 bits per heavy atom. The smallest absolute Gasteiger partial charge is 0.124 e. The van der Waals surface area contributed by atoms with Gasteiger partial charge in [0.2, 0.25) is 0 Å². The minimum atomic E-state index is -0.178. The number of hydrogen-bond donors (Lipinski definition) is 1. The summed E-state index contributed by atoms with van der Waals surface area (Å²) in [6.07, 6.45) is 0. The van der Waals surface area contributed by atoms with Crippen molar-refractivity contribution < 1.29 is 4.39 Å². The van der Waals surface area contributed by atoms with Crippen LogP contribution in [-0.2, 0) is 6.54 Å². The van der Waals surface area contributed by atoms with Crippen LogP contribution in [0.4, 0.5) is 4.39 Å². The molecule has 0 saturated carbocycles. The molecule has 3 rings (SSSR count). The summed E-state index contributed by atoms with van der Waals surface area (Å²) in [5, 5.41) is 3.44. The maximum atomic E-state index is 13.0. The van der Waals surface area contributed by atoms with Gasteiger partial charge in [-0.2, -0.15) is 0 Å². The molecule has 2 heterocycles. The van der Waals surface area contributed by atoms with Crippen LogP contribution in [0, 0.1) is 17.7 Å². The van der Waals surface area contributed by atoms with Crippen molar-refractivity contribution in [2.75, 3.05) is 26.2 Å². The molecule has 0 spiro atoms. The van der Waals surface area contributed by atoms with E-state index >= 15 is 0 Å². The highest BCUT2D eigenvalue weighted by Gasteiger charge is 2.35. The van der Waals surface area contributed by atoms with Crippen LogP contribution in [0.5, 0.6) is 0 Å². The van der Waals surface area contributed by atoms with Gasteiger partial charge in [0.05, 0.1) is 0 Å². The van der Waals surface area contributed by atoms with Gasteiger partial charge in [0, 0.05) is 24.1 Å². The monoisotopic (exact) mass is 298 g/mol. The minimum Gasteiger partial charge on any atom is -0.316 e. The van der Waals surface area contributed by atoms with Crippen LogP contribution in [0.1, 0.15) is 5.56 Å². The summed E-state index contributed by atoms with van der Waals surface area (Å²) >= 11 is 3.44. The second-order valence-corrected chi connectivity index (χ2v) is 5.96. The summed E-state index contributed by atoms with van der Waals surface area (Å²) < 4.78 is 13.9. The van der Waals surface area contributed by atoms with Crippen molar-refractivity contribution in [2.24, 2.45) is 11.8 Å². The van der Waals surface area contributed by atoms with Crippen molar-refractivity contribution >= 4 is 15.9 Å². The van der Waals surface area contributed by atoms with E-state index in [0.717, 1.165) is 35.9 Å². The lowest BCUT2D eigenvalue weighted by molar-refractivity contribution is 0.305. The van der Waals surface area contributed by atoms with E-state index in [1.807, 2.05) is 6.07 Å². The predicted molar refractivity (Wildman–Crippen MR) is 69.2 cm³/mol. The highest BCUT2D eigenvalue weighted by Crippen LogP contribution is 2.29. The summed E-state index contributed by atoms with van der Waals surface area (Å²) in [4.78, 5) is 2.48. The molecule has 0 amide bonds. The van der Waals surface area contributed by atoms with Gasteiger partial charge < -0.3 is 5.32 Å². The molecule has 0 bridgehead atoms. The molecule has 2 fully saturated rings. The second-order valence-electron chi connectivity index (χ2n) is 5.11. The summed E-state index contributed by atoms with van der Waals surface area (Å²) in [5.74, 6) is 1.45. The lowest BCUT2D eigenvalue weighted by Crippen LogP contribution is -2.25. The summed E-state index contributed by atoms with van der Waals surface area (Å²) in [7, 11) is 0. The van der Waals surface area contributed by atoms with Gasteiger partial charge in [-0.15, -0.1) is 0 Å². The fourth-order valence-corrected chi connectivity index (χ4v) is 3.45. The van der Waals surface area contributed by atoms with Gasteiger partial charge in [0.15, 0.2) is 0 Å². The van der Waals surface area contributed by atoms with Crippen molar-refractivity contribution in [3.63, 3.8) is 0 Å². The quantitative estimate of drug-likeness (QED) is 0.901. The molecule has 17 heavy (non-hydrogen) atoms. The van der Waals surface area contributed by atoms with Gasteiger partial charge in [-0.25, -0.2) is 4.39 Å². The number of nitrogens with one attached hydrogen (secondary N) is 1. The molecule has 0 aromatic heterocycles. The first-order valence-electron chi connectivity index (χ1n) is 6.09. The number of nitrogens with zero attached hydrogens (tertiary/aromatic N) is 1. The molecule has 92 valence electrons. The molecule has 2 atom stereocenters. The number of fused-ring (bicyclic) bond motifs is 1. The molecule has 4 heteroatoms. The van der Waals surface area contributed by atoms with Crippen molar-refractivity contribution in [2.45, 2.75) is 6.54 Å². The second kappa shape index (κ2) is 4.67. The number of halogens is 2. The maximum absolute atomic E-state index is 13.0. The van der Waals surface area contributed by atoms with E-state index in [9.17, 15) is 4.39 Å². The third-order valence-corrected chi connectivity index (χ3v) is 4.61. The number of hydrogen-bond acceptors (Lipinski definition) is 2. The first-order valence-corrected chi connectivity index (χ1v) is 6.88. The standard InChI is InChI=1S/C13H16BrFN2/c14-13-3-12(15)2-1-9(13)6-17-7-10-4-16-5-11(10)8-17/h1-3,10-11,16H,4-8H2. The maximum Gasteiger partial charge on any atom is 0.124 e. The van der Waals surface area contributed by atoms with E-state index in [1.54, 1.807) is 12.1 Å². The lowest BCUT2D eigenvalue weighted by atomic mass is 10.0. The number of likely N-dealkylation sites (tertiary alicyclic amines) is 1. The Bertz CT molecular complexity index is 412. The third kappa shape index (κ3) is 2.39. The molecule has 2 aliphatic heterocycles. The molecule has 2 aliphatic rings. The summed E-state index contributed by atoms with van der Waals surface area (Å²) in [5.41, 5.74) is 1.18. The van der Waals surface area contributed by atoms with Gasteiger partial charge in [0.1, 0.15) is 5.82 Å². The van der Waals surface area contributed by atoms with Gasteiger partial charge in [-0.05, 0) is 42.6 Å². The lowest BCUT2D eigenvalue weighted by Gasteiger charge is -2.17. The van der Waals surface area contributed by atoms with E-state index in [1.165, 1.54) is 18.7 Å². The average Bonchev–Trinajstić information content (AvgIpc) is 2.82. The fraction of sp³-hybridized carbons (Fsp3) is 0.538. The van der Waals surface area contributed by atoms with Crippen LogP contribution in [-0.4, -0.2) is 31.1 Å². The third-order valence-electron chi connectivity index (χ3n) is 3.87. The van der Waals surface area contributed by atoms with Crippen LogP contribution in [0.3, 0.4) is 0 Å². The van der Waals surface area contributed by atoms with Gasteiger partial charge in [-0.1, -0.05) is 22.0 Å². The van der Waals surface area contributed by atoms with Crippen molar-refractivity contribution in [3.8, 4) is 0 Å². The first kappa shape index (κ1) is 11.6. The van der Waals surface area contributed by atoms with E-state index < -0.39 is 0 Å². The Labute approximate surface area is 109 Å². The Kier molecular flexibility index (Phi) is 3.19. The van der Waals surface area contributed by atoms with E-state index in [4.69, 9.17) is 0 Å². The van der Waals surface area contributed by atoms with E-state index in [0.29, 0.717) is 0 Å². The zero-order chi connectivity index (χ0) is 11.8. The predicted octanol–water partition coefficient (Wildman–Crippen LogP) is 2.24. The Balaban J connectivity index is 1.67.